The molecule has 4 aromatic rings. The van der Waals surface area contributed by atoms with Gasteiger partial charge in [0.25, 0.3) is 5.91 Å². The van der Waals surface area contributed by atoms with Gasteiger partial charge in [0.2, 0.25) is 5.91 Å². The van der Waals surface area contributed by atoms with Gasteiger partial charge in [0.15, 0.2) is 0 Å². The van der Waals surface area contributed by atoms with Gasteiger partial charge in [0.1, 0.15) is 45.7 Å². The number of alkyl halides is 3. The van der Waals surface area contributed by atoms with E-state index in [0.717, 1.165) is 18.3 Å². The van der Waals surface area contributed by atoms with E-state index in [-0.39, 0.29) is 59.8 Å². The van der Waals surface area contributed by atoms with Crippen LogP contribution in [0, 0.1) is 0 Å². The Morgan fingerprint density at radius 2 is 2.00 bits per heavy atom. The van der Waals surface area contributed by atoms with E-state index in [2.05, 4.69) is 15.3 Å². The maximum absolute atomic E-state index is 13.1. The Bertz CT molecular complexity index is 1710. The number of carbonyl (C=O) groups is 2. The third-order valence-corrected chi connectivity index (χ3v) is 7.19. The van der Waals surface area contributed by atoms with E-state index in [0.29, 0.717) is 22.6 Å². The van der Waals surface area contributed by atoms with Gasteiger partial charge >= 0.3 is 6.18 Å². The topological polar surface area (TPSA) is 137 Å². The van der Waals surface area contributed by atoms with Crippen LogP contribution >= 0.6 is 11.6 Å². The standard InChI is InChI=1S/C28H27ClF3N7O4/c1-4-42-19-9-16(27(41)36-22-10-17(7-8-34-22)28(30,31)32)5-6-18(19)23-24-25(33)35-11-21(29)39(24)26(37-23)20-12-38(15(3)40)14(2)13-43-20/h5-11,14,20H,4,12-13H2,1-3H3,(H2,33,35)(H,34,36,41)/t14-,20+/m0/s1. The summed E-state index contributed by atoms with van der Waals surface area (Å²) >= 11 is 6.57. The van der Waals surface area contributed by atoms with Crippen LogP contribution in [0.4, 0.5) is 24.8 Å². The van der Waals surface area contributed by atoms with Gasteiger partial charge in [-0.15, -0.1) is 0 Å². The molecule has 1 aliphatic heterocycles. The molecule has 1 saturated heterocycles. The number of amides is 2. The highest BCUT2D eigenvalue weighted by molar-refractivity contribution is 6.30. The SMILES string of the molecule is CCOc1cc(C(=O)Nc2cc(C(F)(F)F)ccn2)ccc1-c1nc([C@H]2CN(C(C)=O)[C@@H](C)CO2)n2c(Cl)cnc(N)c12. The Hall–Kier alpha value is -4.43. The van der Waals surface area contributed by atoms with Gasteiger partial charge in [-0.2, -0.15) is 13.2 Å². The Morgan fingerprint density at radius 3 is 2.70 bits per heavy atom. The zero-order valence-electron chi connectivity index (χ0n) is 23.3. The lowest BCUT2D eigenvalue weighted by Crippen LogP contribution is -2.47. The first-order chi connectivity index (χ1) is 20.4. The molecule has 3 aromatic heterocycles. The van der Waals surface area contributed by atoms with E-state index in [1.807, 2.05) is 6.92 Å². The first kappa shape index (κ1) is 30.0. The van der Waals surface area contributed by atoms with Crippen LogP contribution in [0.15, 0.2) is 42.7 Å². The van der Waals surface area contributed by atoms with Crippen molar-refractivity contribution in [2.45, 2.75) is 39.1 Å². The molecule has 0 saturated carbocycles. The van der Waals surface area contributed by atoms with E-state index in [4.69, 9.17) is 31.8 Å². The second-order valence-electron chi connectivity index (χ2n) is 9.84. The lowest BCUT2D eigenvalue weighted by atomic mass is 10.1. The number of imidazole rings is 1. The van der Waals surface area contributed by atoms with Crippen LogP contribution in [0.5, 0.6) is 5.75 Å². The highest BCUT2D eigenvalue weighted by atomic mass is 35.5. The van der Waals surface area contributed by atoms with Gasteiger partial charge in [0, 0.05) is 24.2 Å². The van der Waals surface area contributed by atoms with Crippen molar-refractivity contribution in [2.24, 2.45) is 0 Å². The van der Waals surface area contributed by atoms with Crippen LogP contribution < -0.4 is 15.8 Å². The average Bonchev–Trinajstić information content (AvgIpc) is 3.37. The van der Waals surface area contributed by atoms with Crippen molar-refractivity contribution in [3.63, 3.8) is 0 Å². The van der Waals surface area contributed by atoms with Crippen LogP contribution in [0.1, 0.15) is 48.6 Å². The number of carbonyl (C=O) groups excluding carboxylic acids is 2. The zero-order chi connectivity index (χ0) is 31.1. The molecule has 11 nitrogen and oxygen atoms in total. The molecule has 1 aromatic carbocycles. The van der Waals surface area contributed by atoms with Crippen LogP contribution in [-0.2, 0) is 15.7 Å². The average molecular weight is 618 g/mol. The maximum Gasteiger partial charge on any atom is 0.416 e. The van der Waals surface area contributed by atoms with Crippen LogP contribution in [0.2, 0.25) is 5.15 Å². The lowest BCUT2D eigenvalue weighted by Gasteiger charge is -2.37. The van der Waals surface area contributed by atoms with Crippen LogP contribution in [0.3, 0.4) is 0 Å². The predicted octanol–water partition coefficient (Wildman–Crippen LogP) is 5.01. The summed E-state index contributed by atoms with van der Waals surface area (Å²) < 4.78 is 52.9. The fourth-order valence-electron chi connectivity index (χ4n) is 4.89. The number of hydrogen-bond donors (Lipinski definition) is 2. The molecule has 226 valence electrons. The zero-order valence-corrected chi connectivity index (χ0v) is 24.0. The van der Waals surface area contributed by atoms with E-state index < -0.39 is 23.8 Å². The Kier molecular flexibility index (Phi) is 8.16. The second-order valence-corrected chi connectivity index (χ2v) is 10.2. The molecule has 0 radical (unpaired) electrons. The Morgan fingerprint density at radius 1 is 1.23 bits per heavy atom. The molecule has 15 heteroatoms. The van der Waals surface area contributed by atoms with Crippen LogP contribution in [-0.4, -0.2) is 61.9 Å². The number of anilines is 2. The first-order valence-corrected chi connectivity index (χ1v) is 13.6. The molecule has 3 N–H and O–H groups in total. The number of rotatable bonds is 6. The number of nitrogen functional groups attached to an aromatic ring is 1. The Balaban J connectivity index is 1.56. The summed E-state index contributed by atoms with van der Waals surface area (Å²) in [5.41, 5.74) is 6.61. The molecule has 1 fully saturated rings. The van der Waals surface area contributed by atoms with E-state index in [9.17, 15) is 22.8 Å². The summed E-state index contributed by atoms with van der Waals surface area (Å²) in [5.74, 6) is -0.314. The summed E-state index contributed by atoms with van der Waals surface area (Å²) in [6.45, 7) is 5.85. The molecule has 5 rings (SSSR count). The minimum atomic E-state index is -4.59. The predicted molar refractivity (Wildman–Crippen MR) is 152 cm³/mol. The van der Waals surface area contributed by atoms with Gasteiger partial charge in [-0.05, 0) is 44.2 Å². The number of pyridine rings is 1. The van der Waals surface area contributed by atoms with E-state index in [1.54, 1.807) is 22.3 Å². The molecule has 0 spiro atoms. The smallest absolute Gasteiger partial charge is 0.416 e. The minimum absolute atomic E-state index is 0.0981. The molecule has 2 amide bonds. The number of benzene rings is 1. The normalized spacial score (nSPS) is 17.2. The third kappa shape index (κ3) is 5.92. The molecule has 43 heavy (non-hydrogen) atoms. The van der Waals surface area contributed by atoms with Crippen molar-refractivity contribution in [1.82, 2.24) is 24.3 Å². The largest absolute Gasteiger partial charge is 0.493 e. The number of nitrogens with zero attached hydrogens (tertiary/aromatic N) is 5. The van der Waals surface area contributed by atoms with Gasteiger partial charge < -0.3 is 25.4 Å². The van der Waals surface area contributed by atoms with Crippen molar-refractivity contribution in [3.8, 4) is 17.0 Å². The van der Waals surface area contributed by atoms with E-state index in [1.165, 1.54) is 25.3 Å². The molecule has 0 unspecified atom stereocenters. The molecule has 4 heterocycles. The quantitative estimate of drug-likeness (QED) is 0.308. The van der Waals surface area contributed by atoms with Gasteiger partial charge in [-0.1, -0.05) is 11.6 Å². The summed E-state index contributed by atoms with van der Waals surface area (Å²) in [7, 11) is 0. The molecular formula is C28H27ClF3N7O4. The van der Waals surface area contributed by atoms with E-state index >= 15 is 0 Å². The van der Waals surface area contributed by atoms with Gasteiger partial charge in [-0.3, -0.25) is 14.0 Å². The molecule has 0 aliphatic carbocycles. The number of fused-ring (bicyclic) bond motifs is 1. The molecule has 0 bridgehead atoms. The Labute approximate surface area is 248 Å². The molecule has 1 aliphatic rings. The number of ether oxygens (including phenoxy) is 2. The number of nitrogens with one attached hydrogen (secondary N) is 1. The summed E-state index contributed by atoms with van der Waals surface area (Å²) in [4.78, 5) is 39.8. The molecular weight excluding hydrogens is 591 g/mol. The van der Waals surface area contributed by atoms with Crippen molar-refractivity contribution in [2.75, 3.05) is 30.8 Å². The van der Waals surface area contributed by atoms with Crippen molar-refractivity contribution in [3.05, 3.63) is 64.8 Å². The summed E-state index contributed by atoms with van der Waals surface area (Å²) in [5, 5.41) is 2.59. The number of nitrogens with two attached hydrogens (primary N) is 1. The third-order valence-electron chi connectivity index (χ3n) is 6.92. The number of aromatic nitrogens is 4. The number of hydrogen-bond acceptors (Lipinski definition) is 8. The lowest BCUT2D eigenvalue weighted by molar-refractivity contribution is -0.142. The first-order valence-electron chi connectivity index (χ1n) is 13.2. The number of morpholine rings is 1. The maximum atomic E-state index is 13.1. The van der Waals surface area contributed by atoms with Crippen molar-refractivity contribution in [1.29, 1.82) is 0 Å². The van der Waals surface area contributed by atoms with Crippen molar-refractivity contribution >= 4 is 40.6 Å². The number of halogens is 4. The van der Waals surface area contributed by atoms with Crippen LogP contribution in [0.25, 0.3) is 16.8 Å². The highest BCUT2D eigenvalue weighted by Crippen LogP contribution is 2.39. The minimum Gasteiger partial charge on any atom is -0.493 e. The summed E-state index contributed by atoms with van der Waals surface area (Å²) in [6, 6.07) is 5.92. The fraction of sp³-hybridized carbons (Fsp3) is 0.321. The molecule has 2 atom stereocenters. The highest BCUT2D eigenvalue weighted by Gasteiger charge is 2.34. The van der Waals surface area contributed by atoms with Gasteiger partial charge in [0.05, 0.1) is 37.6 Å². The monoisotopic (exact) mass is 617 g/mol. The second kappa shape index (κ2) is 11.7. The summed E-state index contributed by atoms with van der Waals surface area (Å²) in [6.07, 6.45) is -2.89. The fourth-order valence-corrected chi connectivity index (χ4v) is 5.11. The van der Waals surface area contributed by atoms with Gasteiger partial charge in [-0.25, -0.2) is 15.0 Å². The van der Waals surface area contributed by atoms with Crippen molar-refractivity contribution < 1.29 is 32.2 Å².